The van der Waals surface area contributed by atoms with Crippen molar-refractivity contribution in [2.24, 2.45) is 0 Å². The highest BCUT2D eigenvalue weighted by Crippen LogP contribution is 2.25. The van der Waals surface area contributed by atoms with E-state index in [4.69, 9.17) is 0 Å². The highest BCUT2D eigenvalue weighted by molar-refractivity contribution is 7.09. The highest BCUT2D eigenvalue weighted by atomic mass is 32.1. The molecule has 3 aromatic rings. The van der Waals surface area contributed by atoms with E-state index in [0.717, 1.165) is 41.7 Å². The molecule has 0 spiro atoms. The predicted octanol–water partition coefficient (Wildman–Crippen LogP) is 3.86. The number of piperidine rings is 1. The van der Waals surface area contributed by atoms with Crippen molar-refractivity contribution in [2.75, 3.05) is 6.54 Å². The van der Waals surface area contributed by atoms with Crippen LogP contribution in [-0.2, 0) is 6.54 Å². The van der Waals surface area contributed by atoms with Gasteiger partial charge in [-0.25, -0.2) is 9.67 Å². The molecule has 0 radical (unpaired) electrons. The van der Waals surface area contributed by atoms with E-state index < -0.39 is 0 Å². The molecular formula is C19H22N4OS. The van der Waals surface area contributed by atoms with Crippen molar-refractivity contribution >= 4 is 28.3 Å². The van der Waals surface area contributed by atoms with E-state index in [1.165, 1.54) is 11.3 Å². The maximum atomic E-state index is 13.2. The first-order valence-electron chi connectivity index (χ1n) is 8.80. The second kappa shape index (κ2) is 6.59. The minimum absolute atomic E-state index is 0.110. The van der Waals surface area contributed by atoms with Gasteiger partial charge in [-0.05, 0) is 50.6 Å². The van der Waals surface area contributed by atoms with E-state index in [-0.39, 0.29) is 5.91 Å². The van der Waals surface area contributed by atoms with Gasteiger partial charge >= 0.3 is 0 Å². The Labute approximate surface area is 151 Å². The minimum Gasteiger partial charge on any atom is -0.336 e. The molecule has 4 rings (SSSR count). The standard InChI is InChI=1S/C19H22N4OS/c1-13-10-16(19(24)22-8-4-3-6-14(22)2)17-11-20-23(18(17)21-13)12-15-7-5-9-25-15/h5,7,9-11,14H,3-4,6,8,12H2,1-2H3. The van der Waals surface area contributed by atoms with Crippen molar-refractivity contribution in [2.45, 2.75) is 45.7 Å². The van der Waals surface area contributed by atoms with Crippen molar-refractivity contribution in [1.82, 2.24) is 19.7 Å². The molecule has 1 aliphatic rings. The van der Waals surface area contributed by atoms with Gasteiger partial charge in [0.05, 0.1) is 23.7 Å². The van der Waals surface area contributed by atoms with E-state index >= 15 is 0 Å². The average molecular weight is 354 g/mol. The van der Waals surface area contributed by atoms with Crippen molar-refractivity contribution in [3.05, 3.63) is 45.9 Å². The first kappa shape index (κ1) is 16.3. The lowest BCUT2D eigenvalue weighted by Crippen LogP contribution is -2.42. The van der Waals surface area contributed by atoms with Gasteiger partial charge in [-0.2, -0.15) is 5.10 Å². The summed E-state index contributed by atoms with van der Waals surface area (Å²) in [6.45, 7) is 5.61. The number of aryl methyl sites for hydroxylation is 1. The molecule has 1 amide bonds. The van der Waals surface area contributed by atoms with Crippen molar-refractivity contribution < 1.29 is 4.79 Å². The van der Waals surface area contributed by atoms with Crippen LogP contribution >= 0.6 is 11.3 Å². The molecule has 1 unspecified atom stereocenters. The number of aromatic nitrogens is 3. The molecular weight excluding hydrogens is 332 g/mol. The number of fused-ring (bicyclic) bond motifs is 1. The summed E-state index contributed by atoms with van der Waals surface area (Å²) in [4.78, 5) is 21.1. The first-order chi connectivity index (χ1) is 12.1. The number of hydrogen-bond acceptors (Lipinski definition) is 4. The third-order valence-electron chi connectivity index (χ3n) is 4.92. The van der Waals surface area contributed by atoms with Crippen LogP contribution in [0.25, 0.3) is 11.0 Å². The fourth-order valence-electron chi connectivity index (χ4n) is 3.57. The summed E-state index contributed by atoms with van der Waals surface area (Å²) in [5.41, 5.74) is 2.38. The molecule has 1 atom stereocenters. The summed E-state index contributed by atoms with van der Waals surface area (Å²) in [6, 6.07) is 6.33. The Morgan fingerprint density at radius 2 is 2.28 bits per heavy atom. The zero-order valence-electron chi connectivity index (χ0n) is 14.6. The lowest BCUT2D eigenvalue weighted by atomic mass is 10.0. The van der Waals surface area contributed by atoms with Crippen LogP contribution in [-0.4, -0.2) is 38.2 Å². The molecule has 1 aliphatic heterocycles. The Morgan fingerprint density at radius 1 is 1.40 bits per heavy atom. The van der Waals surface area contributed by atoms with Gasteiger partial charge in [0.25, 0.3) is 5.91 Å². The van der Waals surface area contributed by atoms with Gasteiger partial charge in [0, 0.05) is 23.2 Å². The number of carbonyl (C=O) groups is 1. The zero-order chi connectivity index (χ0) is 17.4. The highest BCUT2D eigenvalue weighted by Gasteiger charge is 2.26. The third kappa shape index (κ3) is 3.06. The van der Waals surface area contributed by atoms with Crippen molar-refractivity contribution in [3.8, 4) is 0 Å². The van der Waals surface area contributed by atoms with Crippen LogP contribution in [0.5, 0.6) is 0 Å². The summed E-state index contributed by atoms with van der Waals surface area (Å²) in [7, 11) is 0. The van der Waals surface area contributed by atoms with Gasteiger partial charge in [-0.15, -0.1) is 11.3 Å². The zero-order valence-corrected chi connectivity index (χ0v) is 15.4. The number of nitrogens with zero attached hydrogens (tertiary/aromatic N) is 4. The smallest absolute Gasteiger partial charge is 0.254 e. The van der Waals surface area contributed by atoms with E-state index in [1.807, 2.05) is 28.6 Å². The van der Waals surface area contributed by atoms with Gasteiger partial charge in [-0.1, -0.05) is 6.07 Å². The Balaban J connectivity index is 1.74. The molecule has 0 N–H and O–H groups in total. The van der Waals surface area contributed by atoms with E-state index in [1.54, 1.807) is 17.5 Å². The van der Waals surface area contributed by atoms with Gasteiger partial charge in [0.15, 0.2) is 5.65 Å². The number of likely N-dealkylation sites (tertiary alicyclic amines) is 1. The maximum absolute atomic E-state index is 13.2. The number of rotatable bonds is 3. The number of amides is 1. The van der Waals surface area contributed by atoms with Gasteiger partial charge in [-0.3, -0.25) is 4.79 Å². The molecule has 0 saturated carbocycles. The molecule has 3 aromatic heterocycles. The predicted molar refractivity (Wildman–Crippen MR) is 100 cm³/mol. The molecule has 130 valence electrons. The number of pyridine rings is 1. The largest absolute Gasteiger partial charge is 0.336 e. The first-order valence-corrected chi connectivity index (χ1v) is 9.68. The Hall–Kier alpha value is -2.21. The topological polar surface area (TPSA) is 51.0 Å². The van der Waals surface area contributed by atoms with Gasteiger partial charge < -0.3 is 4.90 Å². The van der Waals surface area contributed by atoms with Crippen LogP contribution < -0.4 is 0 Å². The number of carbonyl (C=O) groups excluding carboxylic acids is 1. The monoisotopic (exact) mass is 354 g/mol. The van der Waals surface area contributed by atoms with Crippen LogP contribution in [0.3, 0.4) is 0 Å². The fraction of sp³-hybridized carbons (Fsp3) is 0.421. The second-order valence-electron chi connectivity index (χ2n) is 6.77. The van der Waals surface area contributed by atoms with Crippen LogP contribution in [0.2, 0.25) is 0 Å². The van der Waals surface area contributed by atoms with E-state index in [0.29, 0.717) is 12.6 Å². The van der Waals surface area contributed by atoms with Crippen molar-refractivity contribution in [3.63, 3.8) is 0 Å². The normalized spacial score (nSPS) is 18.0. The molecule has 5 nitrogen and oxygen atoms in total. The Bertz CT molecular complexity index is 900. The van der Waals surface area contributed by atoms with Crippen LogP contribution in [0.4, 0.5) is 0 Å². The summed E-state index contributed by atoms with van der Waals surface area (Å²) < 4.78 is 1.89. The summed E-state index contributed by atoms with van der Waals surface area (Å²) in [5.74, 6) is 0.110. The summed E-state index contributed by atoms with van der Waals surface area (Å²) in [5, 5.41) is 7.42. The Kier molecular flexibility index (Phi) is 4.29. The molecule has 1 fully saturated rings. The SMILES string of the molecule is Cc1cc(C(=O)N2CCCCC2C)c2cnn(Cc3cccs3)c2n1. The molecule has 0 aliphatic carbocycles. The van der Waals surface area contributed by atoms with E-state index in [2.05, 4.69) is 28.5 Å². The quantitative estimate of drug-likeness (QED) is 0.717. The lowest BCUT2D eigenvalue weighted by molar-refractivity contribution is 0.0637. The Morgan fingerprint density at radius 3 is 3.04 bits per heavy atom. The molecule has 1 saturated heterocycles. The molecule has 0 bridgehead atoms. The summed E-state index contributed by atoms with van der Waals surface area (Å²) in [6.07, 6.45) is 5.16. The fourth-order valence-corrected chi connectivity index (χ4v) is 4.26. The number of hydrogen-bond donors (Lipinski definition) is 0. The molecule has 6 heteroatoms. The van der Waals surface area contributed by atoms with Gasteiger partial charge in [0.2, 0.25) is 0 Å². The average Bonchev–Trinajstić information content (AvgIpc) is 3.25. The van der Waals surface area contributed by atoms with E-state index in [9.17, 15) is 4.79 Å². The van der Waals surface area contributed by atoms with Crippen LogP contribution in [0, 0.1) is 6.92 Å². The van der Waals surface area contributed by atoms with Crippen LogP contribution in [0.15, 0.2) is 29.8 Å². The summed E-state index contributed by atoms with van der Waals surface area (Å²) >= 11 is 1.70. The minimum atomic E-state index is 0.110. The molecule has 0 aromatic carbocycles. The molecule has 25 heavy (non-hydrogen) atoms. The molecule has 4 heterocycles. The van der Waals surface area contributed by atoms with Gasteiger partial charge in [0.1, 0.15) is 0 Å². The number of thiophene rings is 1. The third-order valence-corrected chi connectivity index (χ3v) is 5.78. The maximum Gasteiger partial charge on any atom is 0.254 e. The van der Waals surface area contributed by atoms with Crippen LogP contribution in [0.1, 0.15) is 47.1 Å². The van der Waals surface area contributed by atoms with Crippen molar-refractivity contribution in [1.29, 1.82) is 0 Å². The lowest BCUT2D eigenvalue weighted by Gasteiger charge is -2.33. The second-order valence-corrected chi connectivity index (χ2v) is 7.81.